The average Bonchev–Trinajstić information content (AvgIpc) is 2.90. The number of aliphatic carboxylic acids is 1. The summed E-state index contributed by atoms with van der Waals surface area (Å²) in [6, 6.07) is 24.7. The molecule has 7 heteroatoms. The SMILES string of the molecule is COc1cccc(CN)c1.NCCCC[C@H](N)C(=O)O.O=Cc1ccc(-c2ccccc2)cc1. The van der Waals surface area contributed by atoms with E-state index in [4.69, 9.17) is 27.0 Å². The summed E-state index contributed by atoms with van der Waals surface area (Å²) in [5.74, 6) is -0.0695. The van der Waals surface area contributed by atoms with Crippen molar-refractivity contribution in [3.8, 4) is 16.9 Å². The fraction of sp³-hybridized carbons (Fsp3) is 0.259. The zero-order valence-electron chi connectivity index (χ0n) is 19.6. The largest absolute Gasteiger partial charge is 0.497 e. The Kier molecular flexibility index (Phi) is 14.3. The van der Waals surface area contributed by atoms with Gasteiger partial charge in [-0.1, -0.05) is 73.2 Å². The van der Waals surface area contributed by atoms with E-state index >= 15 is 0 Å². The van der Waals surface area contributed by atoms with E-state index in [1.807, 2.05) is 66.7 Å². The van der Waals surface area contributed by atoms with Gasteiger partial charge in [0.25, 0.3) is 0 Å². The first-order valence-electron chi connectivity index (χ1n) is 11.1. The molecule has 7 nitrogen and oxygen atoms in total. The van der Waals surface area contributed by atoms with Gasteiger partial charge in [-0.15, -0.1) is 0 Å². The van der Waals surface area contributed by atoms with Crippen molar-refractivity contribution < 1.29 is 19.4 Å². The number of carbonyl (C=O) groups is 2. The normalized spacial score (nSPS) is 10.6. The van der Waals surface area contributed by atoms with E-state index in [2.05, 4.69) is 12.1 Å². The van der Waals surface area contributed by atoms with Crippen LogP contribution >= 0.6 is 0 Å². The lowest BCUT2D eigenvalue weighted by atomic mass is 10.0. The molecule has 0 aliphatic carbocycles. The Morgan fingerprint density at radius 1 is 0.941 bits per heavy atom. The highest BCUT2D eigenvalue weighted by Crippen LogP contribution is 2.18. The van der Waals surface area contributed by atoms with Crippen LogP contribution in [0, 0.1) is 0 Å². The molecule has 0 aliphatic heterocycles. The lowest BCUT2D eigenvalue weighted by Crippen LogP contribution is -2.29. The van der Waals surface area contributed by atoms with Gasteiger partial charge in [-0.3, -0.25) is 9.59 Å². The van der Waals surface area contributed by atoms with Gasteiger partial charge >= 0.3 is 5.97 Å². The number of aldehydes is 1. The molecule has 0 aliphatic rings. The van der Waals surface area contributed by atoms with E-state index in [1.54, 1.807) is 7.11 Å². The van der Waals surface area contributed by atoms with Crippen molar-refractivity contribution in [2.75, 3.05) is 13.7 Å². The van der Waals surface area contributed by atoms with Gasteiger partial charge in [0, 0.05) is 12.1 Å². The highest BCUT2D eigenvalue weighted by Gasteiger charge is 2.09. The quantitative estimate of drug-likeness (QED) is 0.278. The summed E-state index contributed by atoms with van der Waals surface area (Å²) in [4.78, 5) is 20.6. The molecule has 182 valence electrons. The van der Waals surface area contributed by atoms with Gasteiger partial charge in [0.15, 0.2) is 0 Å². The van der Waals surface area contributed by atoms with Gasteiger partial charge in [0.1, 0.15) is 18.1 Å². The van der Waals surface area contributed by atoms with Crippen molar-refractivity contribution in [1.29, 1.82) is 0 Å². The maximum atomic E-state index is 10.5. The smallest absolute Gasteiger partial charge is 0.320 e. The number of unbranched alkanes of at least 4 members (excludes halogenated alkanes) is 1. The summed E-state index contributed by atoms with van der Waals surface area (Å²) >= 11 is 0. The minimum absolute atomic E-state index is 0.520. The molecular formula is C27H35N3O4. The van der Waals surface area contributed by atoms with Crippen LogP contribution in [0.4, 0.5) is 0 Å². The number of rotatable bonds is 9. The second-order valence-corrected chi connectivity index (χ2v) is 7.39. The van der Waals surface area contributed by atoms with Crippen molar-refractivity contribution in [2.24, 2.45) is 17.2 Å². The maximum absolute atomic E-state index is 10.5. The molecule has 0 saturated carbocycles. The molecule has 0 amide bonds. The number of carboxylic acids is 1. The van der Waals surface area contributed by atoms with Crippen molar-refractivity contribution in [3.05, 3.63) is 90.0 Å². The molecule has 7 N–H and O–H groups in total. The fourth-order valence-electron chi connectivity index (χ4n) is 2.82. The second-order valence-electron chi connectivity index (χ2n) is 7.39. The number of nitrogens with two attached hydrogens (primary N) is 3. The number of hydrogen-bond donors (Lipinski definition) is 4. The van der Waals surface area contributed by atoms with Gasteiger partial charge in [-0.2, -0.15) is 0 Å². The first-order chi connectivity index (χ1) is 16.4. The lowest BCUT2D eigenvalue weighted by Gasteiger charge is -2.03. The molecule has 34 heavy (non-hydrogen) atoms. The lowest BCUT2D eigenvalue weighted by molar-refractivity contribution is -0.138. The van der Waals surface area contributed by atoms with Crippen molar-refractivity contribution in [3.63, 3.8) is 0 Å². The van der Waals surface area contributed by atoms with Gasteiger partial charge in [-0.25, -0.2) is 0 Å². The van der Waals surface area contributed by atoms with E-state index in [9.17, 15) is 9.59 Å². The zero-order chi connectivity index (χ0) is 25.2. The van der Waals surface area contributed by atoms with Crippen LogP contribution in [0.1, 0.15) is 35.2 Å². The van der Waals surface area contributed by atoms with Crippen LogP contribution in [-0.4, -0.2) is 37.1 Å². The first-order valence-corrected chi connectivity index (χ1v) is 11.1. The number of carboxylic acid groups (broad SMARTS) is 1. The van der Waals surface area contributed by atoms with Gasteiger partial charge < -0.3 is 27.0 Å². The van der Waals surface area contributed by atoms with Crippen LogP contribution in [0.2, 0.25) is 0 Å². The van der Waals surface area contributed by atoms with Crippen molar-refractivity contribution >= 4 is 12.3 Å². The number of ether oxygens (including phenoxy) is 1. The van der Waals surface area contributed by atoms with Crippen LogP contribution in [0.3, 0.4) is 0 Å². The highest BCUT2D eigenvalue weighted by atomic mass is 16.5. The number of carbonyl (C=O) groups excluding carboxylic acids is 1. The number of methoxy groups -OCH3 is 1. The third-order valence-electron chi connectivity index (χ3n) is 4.81. The Morgan fingerprint density at radius 3 is 2.12 bits per heavy atom. The zero-order valence-corrected chi connectivity index (χ0v) is 19.6. The van der Waals surface area contributed by atoms with E-state index in [1.165, 1.54) is 5.56 Å². The maximum Gasteiger partial charge on any atom is 0.320 e. The highest BCUT2D eigenvalue weighted by molar-refractivity contribution is 5.76. The van der Waals surface area contributed by atoms with E-state index < -0.39 is 12.0 Å². The molecule has 0 bridgehead atoms. The summed E-state index contributed by atoms with van der Waals surface area (Å²) < 4.78 is 5.00. The molecule has 3 rings (SSSR count). The number of hydrogen-bond acceptors (Lipinski definition) is 6. The van der Waals surface area contributed by atoms with Crippen LogP contribution in [0.5, 0.6) is 5.75 Å². The third kappa shape index (κ3) is 11.4. The molecule has 1 atom stereocenters. The van der Waals surface area contributed by atoms with Crippen molar-refractivity contribution in [2.45, 2.75) is 31.8 Å². The third-order valence-corrected chi connectivity index (χ3v) is 4.81. The van der Waals surface area contributed by atoms with Crippen molar-refractivity contribution in [1.82, 2.24) is 0 Å². The molecule has 0 aromatic heterocycles. The monoisotopic (exact) mass is 465 g/mol. The molecule has 0 saturated heterocycles. The van der Waals surface area contributed by atoms with E-state index in [0.717, 1.165) is 36.0 Å². The first kappa shape index (κ1) is 28.5. The molecule has 0 fully saturated rings. The molecule has 0 spiro atoms. The molecule has 0 radical (unpaired) electrons. The molecule has 3 aromatic rings. The summed E-state index contributed by atoms with van der Waals surface area (Å²) in [5, 5.41) is 8.33. The Labute approximate surface area is 201 Å². The van der Waals surface area contributed by atoms with Crippen LogP contribution < -0.4 is 21.9 Å². The Morgan fingerprint density at radius 2 is 1.59 bits per heavy atom. The summed E-state index contributed by atoms with van der Waals surface area (Å²) in [6.45, 7) is 1.17. The van der Waals surface area contributed by atoms with Gasteiger partial charge in [0.05, 0.1) is 7.11 Å². The minimum atomic E-state index is -0.933. The van der Waals surface area contributed by atoms with Gasteiger partial charge in [-0.05, 0) is 48.2 Å². The van der Waals surface area contributed by atoms with Crippen LogP contribution in [0.25, 0.3) is 11.1 Å². The Bertz CT molecular complexity index is 944. The van der Waals surface area contributed by atoms with E-state index in [-0.39, 0.29) is 0 Å². The van der Waals surface area contributed by atoms with Gasteiger partial charge in [0.2, 0.25) is 0 Å². The Balaban J connectivity index is 0.000000262. The fourth-order valence-corrected chi connectivity index (χ4v) is 2.82. The van der Waals surface area contributed by atoms with Crippen LogP contribution in [-0.2, 0) is 11.3 Å². The molecule has 0 unspecified atom stereocenters. The minimum Gasteiger partial charge on any atom is -0.497 e. The van der Waals surface area contributed by atoms with E-state index in [0.29, 0.717) is 25.1 Å². The number of benzene rings is 3. The van der Waals surface area contributed by atoms with Crippen LogP contribution in [0.15, 0.2) is 78.9 Å². The standard InChI is InChI=1S/C13H10O.C8H11NO.C6H14N2O2/c14-10-11-6-8-13(9-7-11)12-4-2-1-3-5-12;1-10-8-4-2-3-7(5-8)6-9;7-4-2-1-3-5(8)6(9)10/h1-10H;2-5H,6,9H2,1H3;5H,1-4,7-8H2,(H,9,10)/t;;5-/m..0/s1. The summed E-state index contributed by atoms with van der Waals surface area (Å²) in [7, 11) is 1.65. The topological polar surface area (TPSA) is 142 Å². The average molecular weight is 466 g/mol. The molecule has 3 aromatic carbocycles. The predicted octanol–water partition coefficient (Wildman–Crippen LogP) is 3.85. The second kappa shape index (κ2) is 17.0. The predicted molar refractivity (Wildman–Crippen MR) is 137 cm³/mol. The summed E-state index contributed by atoms with van der Waals surface area (Å²) in [5.41, 5.74) is 20.0. The summed E-state index contributed by atoms with van der Waals surface area (Å²) in [6.07, 6.45) is 3.02. The molecular weight excluding hydrogens is 430 g/mol. The molecule has 0 heterocycles. The Hall–Kier alpha value is -3.52.